The molecule has 2 fully saturated rings. The Morgan fingerprint density at radius 1 is 1.13 bits per heavy atom. The van der Waals surface area contributed by atoms with E-state index in [2.05, 4.69) is 57.7 Å². The van der Waals surface area contributed by atoms with E-state index in [0.29, 0.717) is 12.0 Å². The molecule has 6 nitrogen and oxygen atoms in total. The molecule has 30 heavy (non-hydrogen) atoms. The van der Waals surface area contributed by atoms with E-state index < -0.39 is 0 Å². The van der Waals surface area contributed by atoms with Crippen LogP contribution in [-0.4, -0.2) is 76.4 Å². The third kappa shape index (κ3) is 8.23. The number of hydrogen-bond donors (Lipinski definition) is 2. The van der Waals surface area contributed by atoms with Gasteiger partial charge in [0.25, 0.3) is 0 Å². The Morgan fingerprint density at radius 2 is 1.90 bits per heavy atom. The first kappa shape index (κ1) is 25.2. The molecule has 2 N–H and O–H groups in total. The lowest BCUT2D eigenvalue weighted by molar-refractivity contribution is 0.121. The molecule has 0 amide bonds. The Balaban J connectivity index is 0.00000320. The number of anilines is 1. The highest BCUT2D eigenvalue weighted by Crippen LogP contribution is 2.20. The third-order valence-electron chi connectivity index (χ3n) is 6.05. The predicted molar refractivity (Wildman–Crippen MR) is 137 cm³/mol. The Kier molecular flexibility index (Phi) is 11.8. The smallest absolute Gasteiger partial charge is 0.191 e. The highest BCUT2D eigenvalue weighted by Gasteiger charge is 2.22. The zero-order valence-electron chi connectivity index (χ0n) is 18.7. The number of para-hydroxylation sites is 1. The number of ether oxygens (including phenoxy) is 1. The van der Waals surface area contributed by atoms with Crippen LogP contribution < -0.4 is 15.5 Å². The van der Waals surface area contributed by atoms with E-state index >= 15 is 0 Å². The Hall–Kier alpha value is -1.06. The molecule has 2 saturated heterocycles. The van der Waals surface area contributed by atoms with Gasteiger partial charge in [0.1, 0.15) is 0 Å². The number of piperidine rings is 2. The largest absolute Gasteiger partial charge is 0.383 e. The second-order valence-electron chi connectivity index (χ2n) is 8.26. The molecule has 1 unspecified atom stereocenters. The number of rotatable bonds is 8. The minimum Gasteiger partial charge on any atom is -0.383 e. The van der Waals surface area contributed by atoms with Crippen molar-refractivity contribution in [2.24, 2.45) is 10.9 Å². The summed E-state index contributed by atoms with van der Waals surface area (Å²) in [5, 5.41) is 7.16. The fourth-order valence-corrected chi connectivity index (χ4v) is 4.32. The molecular weight excluding hydrogens is 489 g/mol. The minimum atomic E-state index is 0. The maximum absolute atomic E-state index is 5.20. The van der Waals surface area contributed by atoms with Gasteiger partial charge in [-0.3, -0.25) is 4.99 Å². The van der Waals surface area contributed by atoms with Crippen LogP contribution in [0.15, 0.2) is 35.3 Å². The number of benzene rings is 1. The lowest BCUT2D eigenvalue weighted by Crippen LogP contribution is -2.51. The summed E-state index contributed by atoms with van der Waals surface area (Å²) in [6, 6.07) is 11.2. The zero-order valence-corrected chi connectivity index (χ0v) is 21.0. The summed E-state index contributed by atoms with van der Waals surface area (Å²) in [5.41, 5.74) is 1.32. The zero-order chi connectivity index (χ0) is 20.3. The monoisotopic (exact) mass is 529 g/mol. The van der Waals surface area contributed by atoms with Crippen molar-refractivity contribution in [3.63, 3.8) is 0 Å². The topological polar surface area (TPSA) is 52.1 Å². The fourth-order valence-electron chi connectivity index (χ4n) is 4.32. The molecule has 0 saturated carbocycles. The van der Waals surface area contributed by atoms with Gasteiger partial charge in [-0.25, -0.2) is 0 Å². The van der Waals surface area contributed by atoms with Gasteiger partial charge in [0.05, 0.1) is 6.61 Å². The van der Waals surface area contributed by atoms with Gasteiger partial charge in [-0.05, 0) is 63.7 Å². The van der Waals surface area contributed by atoms with Crippen molar-refractivity contribution in [1.29, 1.82) is 0 Å². The van der Waals surface area contributed by atoms with Crippen molar-refractivity contribution in [3.8, 4) is 0 Å². The van der Waals surface area contributed by atoms with Crippen LogP contribution in [0.5, 0.6) is 0 Å². The average Bonchev–Trinajstić information content (AvgIpc) is 2.78. The molecule has 2 heterocycles. The molecule has 0 spiro atoms. The molecule has 170 valence electrons. The van der Waals surface area contributed by atoms with Crippen molar-refractivity contribution >= 4 is 35.6 Å². The van der Waals surface area contributed by atoms with Crippen molar-refractivity contribution in [2.45, 2.75) is 38.6 Å². The van der Waals surface area contributed by atoms with Gasteiger partial charge < -0.3 is 25.2 Å². The van der Waals surface area contributed by atoms with E-state index in [1.54, 1.807) is 7.11 Å². The summed E-state index contributed by atoms with van der Waals surface area (Å²) in [5.74, 6) is 1.67. The SMILES string of the molecule is CCNC(=NCC1CCN(CCOC)CC1)NC1CCCN(c2ccccc2)C1.I. The van der Waals surface area contributed by atoms with Gasteiger partial charge in [-0.1, -0.05) is 18.2 Å². The van der Waals surface area contributed by atoms with E-state index in [0.717, 1.165) is 45.3 Å². The van der Waals surface area contributed by atoms with Crippen molar-refractivity contribution in [2.75, 3.05) is 64.4 Å². The normalized spacial score (nSPS) is 21.2. The standard InChI is InChI=1S/C23H39N5O.HI/c1-3-24-23(25-18-20-11-14-27(15-12-20)16-17-29-2)26-21-8-7-13-28(19-21)22-9-5-4-6-10-22;/h4-6,9-10,20-21H,3,7-8,11-19H2,1-2H3,(H2,24,25,26);1H. The molecule has 1 aromatic carbocycles. The summed E-state index contributed by atoms with van der Waals surface area (Å²) in [4.78, 5) is 9.94. The number of aliphatic imine (C=N–C) groups is 1. The summed E-state index contributed by atoms with van der Waals surface area (Å²) in [6.07, 6.45) is 4.88. The van der Waals surface area contributed by atoms with E-state index in [9.17, 15) is 0 Å². The summed E-state index contributed by atoms with van der Waals surface area (Å²) in [7, 11) is 1.78. The second kappa shape index (κ2) is 14.1. The average molecular weight is 530 g/mol. The molecular formula is C23H40IN5O. The summed E-state index contributed by atoms with van der Waals surface area (Å²) < 4.78 is 5.20. The lowest BCUT2D eigenvalue weighted by atomic mass is 9.97. The lowest BCUT2D eigenvalue weighted by Gasteiger charge is -2.35. The summed E-state index contributed by atoms with van der Waals surface area (Å²) in [6.45, 7) is 10.4. The molecule has 0 aromatic heterocycles. The van der Waals surface area contributed by atoms with Crippen LogP contribution in [-0.2, 0) is 4.74 Å². The number of methoxy groups -OCH3 is 1. The maximum atomic E-state index is 5.20. The molecule has 2 aliphatic rings. The van der Waals surface area contributed by atoms with Crippen LogP contribution in [0.4, 0.5) is 5.69 Å². The number of nitrogens with one attached hydrogen (secondary N) is 2. The highest BCUT2D eigenvalue weighted by molar-refractivity contribution is 14.0. The number of halogens is 1. The number of likely N-dealkylation sites (tertiary alicyclic amines) is 1. The molecule has 1 aromatic rings. The van der Waals surface area contributed by atoms with Crippen LogP contribution in [0.25, 0.3) is 0 Å². The van der Waals surface area contributed by atoms with Gasteiger partial charge in [0.15, 0.2) is 5.96 Å². The first-order valence-corrected chi connectivity index (χ1v) is 11.3. The van der Waals surface area contributed by atoms with Crippen LogP contribution in [0, 0.1) is 5.92 Å². The minimum absolute atomic E-state index is 0. The van der Waals surface area contributed by atoms with Gasteiger partial charge >= 0.3 is 0 Å². The van der Waals surface area contributed by atoms with Gasteiger partial charge in [0, 0.05) is 51.6 Å². The van der Waals surface area contributed by atoms with Crippen LogP contribution in [0.1, 0.15) is 32.6 Å². The Bertz CT molecular complexity index is 607. The second-order valence-corrected chi connectivity index (χ2v) is 8.26. The number of guanidine groups is 1. The van der Waals surface area contributed by atoms with Crippen LogP contribution in [0.2, 0.25) is 0 Å². The molecule has 3 rings (SSSR count). The first-order chi connectivity index (χ1) is 14.3. The summed E-state index contributed by atoms with van der Waals surface area (Å²) >= 11 is 0. The van der Waals surface area contributed by atoms with E-state index in [1.807, 2.05) is 0 Å². The number of hydrogen-bond acceptors (Lipinski definition) is 4. The van der Waals surface area contributed by atoms with E-state index in [1.165, 1.54) is 44.5 Å². The van der Waals surface area contributed by atoms with Crippen LogP contribution >= 0.6 is 24.0 Å². The molecule has 1 atom stereocenters. The van der Waals surface area contributed by atoms with Gasteiger partial charge in [-0.2, -0.15) is 0 Å². The fraction of sp³-hybridized carbons (Fsp3) is 0.696. The first-order valence-electron chi connectivity index (χ1n) is 11.3. The third-order valence-corrected chi connectivity index (χ3v) is 6.05. The highest BCUT2D eigenvalue weighted by atomic mass is 127. The Labute approximate surface area is 199 Å². The molecule has 2 aliphatic heterocycles. The van der Waals surface area contributed by atoms with Crippen molar-refractivity contribution < 1.29 is 4.74 Å². The molecule has 0 radical (unpaired) electrons. The maximum Gasteiger partial charge on any atom is 0.191 e. The van der Waals surface area contributed by atoms with Crippen molar-refractivity contribution in [3.05, 3.63) is 30.3 Å². The quantitative estimate of drug-likeness (QED) is 0.308. The van der Waals surface area contributed by atoms with E-state index in [-0.39, 0.29) is 24.0 Å². The molecule has 0 aliphatic carbocycles. The predicted octanol–water partition coefficient (Wildman–Crippen LogP) is 3.19. The number of nitrogens with zero attached hydrogens (tertiary/aromatic N) is 3. The Morgan fingerprint density at radius 3 is 2.60 bits per heavy atom. The van der Waals surface area contributed by atoms with Gasteiger partial charge in [0.2, 0.25) is 0 Å². The van der Waals surface area contributed by atoms with Gasteiger partial charge in [-0.15, -0.1) is 24.0 Å². The molecule has 7 heteroatoms. The molecule has 0 bridgehead atoms. The van der Waals surface area contributed by atoms with Crippen LogP contribution in [0.3, 0.4) is 0 Å². The van der Waals surface area contributed by atoms with Crippen molar-refractivity contribution in [1.82, 2.24) is 15.5 Å². The van der Waals surface area contributed by atoms with E-state index in [4.69, 9.17) is 9.73 Å².